The number of Topliss-reactive ketones (excluding diaryl/α,β-unsaturated/α-hetero) is 1. The molecule has 0 aliphatic heterocycles. The number of para-hydroxylation sites is 2. The van der Waals surface area contributed by atoms with Gasteiger partial charge in [-0.05, 0) is 36.8 Å². The Morgan fingerprint density at radius 1 is 0.947 bits per heavy atom. The summed E-state index contributed by atoms with van der Waals surface area (Å²) < 4.78 is 27.7. The summed E-state index contributed by atoms with van der Waals surface area (Å²) in [6.45, 7) is 1.83. The molecule has 0 aliphatic carbocycles. The number of aromatic nitrogens is 2. The van der Waals surface area contributed by atoms with E-state index in [0.717, 1.165) is 26.6 Å². The van der Waals surface area contributed by atoms with Gasteiger partial charge in [0, 0.05) is 35.1 Å². The number of carboxylic acid groups (broad SMARTS) is 1. The Morgan fingerprint density at radius 3 is 2.32 bits per heavy atom. The van der Waals surface area contributed by atoms with Gasteiger partial charge in [0.05, 0.1) is 16.0 Å². The van der Waals surface area contributed by atoms with Gasteiger partial charge in [-0.1, -0.05) is 54.1 Å². The molecule has 0 saturated heterocycles. The molecule has 1 atom stereocenters. The van der Waals surface area contributed by atoms with Crippen LogP contribution in [-0.2, 0) is 26.0 Å². The summed E-state index contributed by atoms with van der Waals surface area (Å²) in [4.78, 5) is 41.2. The third kappa shape index (κ3) is 4.46. The first-order valence-electron chi connectivity index (χ1n) is 11.7. The van der Waals surface area contributed by atoms with Gasteiger partial charge in [0.25, 0.3) is 21.7 Å². The van der Waals surface area contributed by atoms with E-state index in [4.69, 9.17) is 0 Å². The number of aryl methyl sites for hydroxylation is 1. The van der Waals surface area contributed by atoms with Crippen molar-refractivity contribution in [2.24, 2.45) is 0 Å². The molecule has 0 spiro atoms. The summed E-state index contributed by atoms with van der Waals surface area (Å²) in [6, 6.07) is 18.5. The molecule has 2 aromatic heterocycles. The third-order valence-corrected chi connectivity index (χ3v) is 8.10. The van der Waals surface area contributed by atoms with Crippen LogP contribution in [0, 0.1) is 6.92 Å². The Labute approximate surface area is 217 Å². The minimum Gasteiger partial charge on any atom is -0.480 e. The zero-order valence-corrected chi connectivity index (χ0v) is 21.0. The topological polar surface area (TPSA) is 138 Å². The van der Waals surface area contributed by atoms with E-state index >= 15 is 0 Å². The van der Waals surface area contributed by atoms with Crippen molar-refractivity contribution >= 4 is 49.5 Å². The van der Waals surface area contributed by atoms with Crippen LogP contribution in [0.1, 0.15) is 21.5 Å². The summed E-state index contributed by atoms with van der Waals surface area (Å²) in [7, 11) is -4.08. The van der Waals surface area contributed by atoms with Crippen LogP contribution in [0.15, 0.2) is 90.1 Å². The molecule has 0 saturated carbocycles. The molecular formula is C28H23N3O6S. The summed E-state index contributed by atoms with van der Waals surface area (Å²) in [5, 5.41) is 13.1. The van der Waals surface area contributed by atoms with E-state index in [1.54, 1.807) is 30.5 Å². The van der Waals surface area contributed by atoms with Gasteiger partial charge >= 0.3 is 5.97 Å². The molecule has 0 aliphatic rings. The lowest BCUT2D eigenvalue weighted by molar-refractivity contribution is -0.141. The lowest BCUT2D eigenvalue weighted by Gasteiger charge is -2.13. The Bertz CT molecular complexity index is 1820. The van der Waals surface area contributed by atoms with Crippen molar-refractivity contribution in [3.05, 3.63) is 102 Å². The van der Waals surface area contributed by atoms with Gasteiger partial charge in [0.15, 0.2) is 0 Å². The molecule has 0 unspecified atom stereocenters. The molecule has 2 heterocycles. The number of carboxylic acids is 1. The van der Waals surface area contributed by atoms with Crippen molar-refractivity contribution < 1.29 is 27.9 Å². The molecule has 0 fully saturated rings. The Kier molecular flexibility index (Phi) is 6.33. The number of benzene rings is 3. The molecule has 3 aromatic carbocycles. The first-order chi connectivity index (χ1) is 18.2. The lowest BCUT2D eigenvalue weighted by atomic mass is 10.0. The van der Waals surface area contributed by atoms with Gasteiger partial charge < -0.3 is 15.4 Å². The zero-order chi connectivity index (χ0) is 27.0. The SMILES string of the molecule is Cc1ccc(S(=O)(=O)n2cc(C(=O)C(=O)N[C@@H](Cc3c[nH]c4ccccc34)C(=O)O)c3ccccc32)cc1. The van der Waals surface area contributed by atoms with E-state index in [2.05, 4.69) is 10.3 Å². The number of nitrogens with zero attached hydrogens (tertiary/aromatic N) is 1. The maximum atomic E-state index is 13.4. The van der Waals surface area contributed by atoms with E-state index in [-0.39, 0.29) is 27.8 Å². The number of carbonyl (C=O) groups is 3. The lowest BCUT2D eigenvalue weighted by Crippen LogP contribution is -2.45. The number of nitrogens with one attached hydrogen (secondary N) is 2. The number of rotatable bonds is 8. The summed E-state index contributed by atoms with van der Waals surface area (Å²) in [5.41, 5.74) is 2.44. The van der Waals surface area contributed by atoms with Crippen molar-refractivity contribution in [1.29, 1.82) is 0 Å². The Hall–Kier alpha value is -4.70. The molecule has 9 nitrogen and oxygen atoms in total. The number of amides is 1. The first-order valence-corrected chi connectivity index (χ1v) is 13.2. The Morgan fingerprint density at radius 2 is 1.61 bits per heavy atom. The number of aromatic amines is 1. The summed E-state index contributed by atoms with van der Waals surface area (Å²) in [6.07, 6.45) is 2.72. The van der Waals surface area contributed by atoms with E-state index in [1.165, 1.54) is 24.3 Å². The molecular weight excluding hydrogens is 506 g/mol. The monoisotopic (exact) mass is 529 g/mol. The fourth-order valence-electron chi connectivity index (χ4n) is 4.42. The van der Waals surface area contributed by atoms with E-state index in [9.17, 15) is 27.9 Å². The molecule has 5 rings (SSSR count). The van der Waals surface area contributed by atoms with Crippen molar-refractivity contribution in [3.8, 4) is 0 Å². The normalized spacial score (nSPS) is 12.4. The van der Waals surface area contributed by atoms with Crippen LogP contribution < -0.4 is 5.32 Å². The third-order valence-electron chi connectivity index (χ3n) is 6.41. The fourth-order valence-corrected chi connectivity index (χ4v) is 5.79. The second kappa shape index (κ2) is 9.64. The molecule has 3 N–H and O–H groups in total. The van der Waals surface area contributed by atoms with E-state index < -0.39 is 33.7 Å². The van der Waals surface area contributed by atoms with Gasteiger partial charge in [-0.2, -0.15) is 0 Å². The highest BCUT2D eigenvalue weighted by Gasteiger charge is 2.29. The highest BCUT2D eigenvalue weighted by molar-refractivity contribution is 7.90. The number of ketones is 1. The molecule has 0 radical (unpaired) electrons. The van der Waals surface area contributed by atoms with Gasteiger partial charge in [-0.25, -0.2) is 17.2 Å². The van der Waals surface area contributed by atoms with Crippen LogP contribution in [0.2, 0.25) is 0 Å². The maximum Gasteiger partial charge on any atom is 0.326 e. The summed E-state index contributed by atoms with van der Waals surface area (Å²) in [5.74, 6) is -3.49. The number of H-pyrrole nitrogens is 1. The first kappa shape index (κ1) is 25.0. The van der Waals surface area contributed by atoms with Crippen molar-refractivity contribution in [2.45, 2.75) is 24.3 Å². The predicted molar refractivity (Wildman–Crippen MR) is 142 cm³/mol. The van der Waals surface area contributed by atoms with Crippen LogP contribution in [0.4, 0.5) is 0 Å². The minimum atomic E-state index is -4.08. The van der Waals surface area contributed by atoms with Crippen molar-refractivity contribution in [3.63, 3.8) is 0 Å². The molecule has 5 aromatic rings. The number of carbonyl (C=O) groups excluding carboxylic acids is 2. The highest BCUT2D eigenvalue weighted by Crippen LogP contribution is 2.27. The van der Waals surface area contributed by atoms with Gasteiger partial charge in [-0.3, -0.25) is 9.59 Å². The zero-order valence-electron chi connectivity index (χ0n) is 20.2. The fraction of sp³-hybridized carbons (Fsp3) is 0.107. The second-order valence-corrected chi connectivity index (χ2v) is 10.7. The van der Waals surface area contributed by atoms with Crippen molar-refractivity contribution in [1.82, 2.24) is 14.3 Å². The van der Waals surface area contributed by atoms with Crippen LogP contribution in [0.25, 0.3) is 21.8 Å². The highest BCUT2D eigenvalue weighted by atomic mass is 32.2. The molecule has 38 heavy (non-hydrogen) atoms. The van der Waals surface area contributed by atoms with E-state index in [0.29, 0.717) is 5.56 Å². The predicted octanol–water partition coefficient (Wildman–Crippen LogP) is 3.66. The summed E-state index contributed by atoms with van der Waals surface area (Å²) >= 11 is 0. The van der Waals surface area contributed by atoms with Crippen LogP contribution in [0.3, 0.4) is 0 Å². The number of hydrogen-bond donors (Lipinski definition) is 3. The van der Waals surface area contributed by atoms with Crippen LogP contribution in [-0.4, -0.2) is 46.2 Å². The van der Waals surface area contributed by atoms with Crippen molar-refractivity contribution in [2.75, 3.05) is 0 Å². The quantitative estimate of drug-likeness (QED) is 0.207. The number of aliphatic carboxylic acids is 1. The average molecular weight is 530 g/mol. The molecule has 1 amide bonds. The minimum absolute atomic E-state index is 0.0250. The number of fused-ring (bicyclic) bond motifs is 2. The van der Waals surface area contributed by atoms with Gasteiger partial charge in [-0.15, -0.1) is 0 Å². The molecule has 192 valence electrons. The number of hydrogen-bond acceptors (Lipinski definition) is 5. The smallest absolute Gasteiger partial charge is 0.326 e. The van der Waals surface area contributed by atoms with Gasteiger partial charge in [0.2, 0.25) is 0 Å². The Balaban J connectivity index is 1.46. The average Bonchev–Trinajstić information content (AvgIpc) is 3.50. The maximum absolute atomic E-state index is 13.4. The second-order valence-electron chi connectivity index (χ2n) is 8.93. The van der Waals surface area contributed by atoms with E-state index in [1.807, 2.05) is 31.2 Å². The largest absolute Gasteiger partial charge is 0.480 e. The standard InChI is InChI=1S/C28H23N3O6S/c1-17-10-12-19(13-11-17)38(36,37)31-16-22(21-7-3-5-9-25(21)31)26(32)27(33)30-24(28(34)35)14-18-15-29-23-8-4-2-6-20(18)23/h2-13,15-16,24,29H,14H2,1H3,(H,30,33)(H,34,35)/t24-/m0/s1. The van der Waals surface area contributed by atoms with Gasteiger partial charge in [0.1, 0.15) is 6.04 Å². The molecule has 0 bridgehead atoms. The van der Waals surface area contributed by atoms with Crippen LogP contribution in [0.5, 0.6) is 0 Å². The molecule has 10 heteroatoms. The van der Waals surface area contributed by atoms with Crippen LogP contribution >= 0.6 is 0 Å².